The minimum atomic E-state index is -0.448. The second-order valence-corrected chi connectivity index (χ2v) is 4.41. The third-order valence-corrected chi connectivity index (χ3v) is 2.98. The maximum atomic E-state index is 11.6. The quantitative estimate of drug-likeness (QED) is 0.490. The molecule has 0 bridgehead atoms. The summed E-state index contributed by atoms with van der Waals surface area (Å²) in [4.78, 5) is 26.1. The number of carbonyl (C=O) groups excluding carboxylic acids is 1. The molecule has 0 unspecified atom stereocenters. The van der Waals surface area contributed by atoms with Crippen LogP contribution in [0.2, 0.25) is 0 Å². The second-order valence-electron chi connectivity index (χ2n) is 4.41. The smallest absolute Gasteiger partial charge is 0.339 e. The van der Waals surface area contributed by atoms with Crippen molar-refractivity contribution in [2.24, 2.45) is 0 Å². The lowest BCUT2D eigenvalue weighted by Gasteiger charge is -2.06. The molecule has 2 aromatic rings. The van der Waals surface area contributed by atoms with Gasteiger partial charge in [0.1, 0.15) is 0 Å². The second kappa shape index (κ2) is 6.13. The van der Waals surface area contributed by atoms with E-state index < -0.39 is 10.9 Å². The molecule has 1 aromatic carbocycles. The highest BCUT2D eigenvalue weighted by molar-refractivity contribution is 5.89. The number of hydrogen-bond acceptors (Lipinski definition) is 5. The molecule has 0 atom stereocenters. The molecule has 0 aliphatic heterocycles. The molecular formula is C15H14N2O4. The van der Waals surface area contributed by atoms with Gasteiger partial charge in [0.25, 0.3) is 5.69 Å². The number of hydrogen-bond donors (Lipinski definition) is 0. The standard InChI is InChI=1S/C15H14N2O4/c1-3-21-15(18)11-5-7-14(16-9-11)13-8-12(17(19)20)6-4-10(13)2/h4-9H,3H2,1-2H3. The van der Waals surface area contributed by atoms with Crippen molar-refractivity contribution >= 4 is 11.7 Å². The highest BCUT2D eigenvalue weighted by Crippen LogP contribution is 2.26. The lowest BCUT2D eigenvalue weighted by molar-refractivity contribution is -0.384. The van der Waals surface area contributed by atoms with Crippen LogP contribution in [0.5, 0.6) is 0 Å². The molecule has 6 nitrogen and oxygen atoms in total. The zero-order valence-electron chi connectivity index (χ0n) is 11.7. The van der Waals surface area contributed by atoms with Crippen LogP contribution in [0.4, 0.5) is 5.69 Å². The molecule has 0 saturated carbocycles. The first-order chi connectivity index (χ1) is 10.0. The number of aromatic nitrogens is 1. The number of nitrogens with zero attached hydrogens (tertiary/aromatic N) is 2. The number of esters is 1. The minimum absolute atomic E-state index is 0.00636. The van der Waals surface area contributed by atoms with Crippen LogP contribution < -0.4 is 0 Å². The van der Waals surface area contributed by atoms with E-state index in [9.17, 15) is 14.9 Å². The number of ether oxygens (including phenoxy) is 1. The van der Waals surface area contributed by atoms with Crippen molar-refractivity contribution in [3.8, 4) is 11.3 Å². The van der Waals surface area contributed by atoms with E-state index in [1.54, 1.807) is 25.1 Å². The summed E-state index contributed by atoms with van der Waals surface area (Å²) in [5.41, 5.74) is 2.47. The van der Waals surface area contributed by atoms with Crippen LogP contribution >= 0.6 is 0 Å². The lowest BCUT2D eigenvalue weighted by Crippen LogP contribution is -2.05. The first-order valence-corrected chi connectivity index (χ1v) is 6.41. The number of pyridine rings is 1. The van der Waals surface area contributed by atoms with Crippen LogP contribution in [0.1, 0.15) is 22.8 Å². The van der Waals surface area contributed by atoms with Crippen molar-refractivity contribution in [1.29, 1.82) is 0 Å². The normalized spacial score (nSPS) is 10.2. The highest BCUT2D eigenvalue weighted by Gasteiger charge is 2.12. The van der Waals surface area contributed by atoms with E-state index in [4.69, 9.17) is 4.74 Å². The van der Waals surface area contributed by atoms with Gasteiger partial charge >= 0.3 is 5.97 Å². The zero-order valence-corrected chi connectivity index (χ0v) is 11.7. The molecule has 108 valence electrons. The Morgan fingerprint density at radius 1 is 1.33 bits per heavy atom. The number of nitro benzene ring substituents is 1. The fourth-order valence-corrected chi connectivity index (χ4v) is 1.89. The van der Waals surface area contributed by atoms with Crippen LogP contribution in [0.25, 0.3) is 11.3 Å². The molecule has 6 heteroatoms. The molecule has 0 fully saturated rings. The van der Waals surface area contributed by atoms with E-state index in [0.717, 1.165) is 5.56 Å². The number of benzene rings is 1. The Hall–Kier alpha value is -2.76. The largest absolute Gasteiger partial charge is 0.462 e. The highest BCUT2D eigenvalue weighted by atomic mass is 16.6. The molecule has 0 spiro atoms. The van der Waals surface area contributed by atoms with Gasteiger partial charge in [0, 0.05) is 23.9 Å². The van der Waals surface area contributed by atoms with E-state index in [-0.39, 0.29) is 5.69 Å². The molecule has 21 heavy (non-hydrogen) atoms. The first kappa shape index (κ1) is 14.6. The average molecular weight is 286 g/mol. The average Bonchev–Trinajstić information content (AvgIpc) is 2.48. The zero-order chi connectivity index (χ0) is 15.4. The predicted molar refractivity (Wildman–Crippen MR) is 77.0 cm³/mol. The van der Waals surface area contributed by atoms with Crippen LogP contribution in [-0.4, -0.2) is 22.5 Å². The Balaban J connectivity index is 2.36. The molecule has 0 N–H and O–H groups in total. The maximum Gasteiger partial charge on any atom is 0.339 e. The number of aryl methyl sites for hydroxylation is 1. The molecule has 1 aromatic heterocycles. The summed E-state index contributed by atoms with van der Waals surface area (Å²) in [5, 5.41) is 10.8. The Labute approximate surface area is 121 Å². The Morgan fingerprint density at radius 2 is 2.10 bits per heavy atom. The van der Waals surface area contributed by atoms with Gasteiger partial charge in [-0.25, -0.2) is 4.79 Å². The van der Waals surface area contributed by atoms with Gasteiger partial charge in [-0.2, -0.15) is 0 Å². The van der Waals surface area contributed by atoms with Crippen molar-refractivity contribution in [1.82, 2.24) is 4.98 Å². The van der Waals surface area contributed by atoms with Crippen molar-refractivity contribution in [2.75, 3.05) is 6.61 Å². The van der Waals surface area contributed by atoms with E-state index in [0.29, 0.717) is 23.4 Å². The first-order valence-electron chi connectivity index (χ1n) is 6.41. The number of rotatable bonds is 4. The number of non-ortho nitro benzene ring substituents is 1. The SMILES string of the molecule is CCOC(=O)c1ccc(-c2cc([N+](=O)[O-])ccc2C)nc1. The van der Waals surface area contributed by atoms with Crippen molar-refractivity contribution in [3.05, 3.63) is 57.8 Å². The summed E-state index contributed by atoms with van der Waals surface area (Å²) in [6, 6.07) is 7.85. The molecule has 0 aliphatic rings. The van der Waals surface area contributed by atoms with Crippen LogP contribution in [0.3, 0.4) is 0 Å². The summed E-state index contributed by atoms with van der Waals surface area (Å²) in [5.74, 6) is -0.438. The van der Waals surface area contributed by atoms with Crippen molar-refractivity contribution in [3.63, 3.8) is 0 Å². The predicted octanol–water partition coefficient (Wildman–Crippen LogP) is 3.14. The van der Waals surface area contributed by atoms with Gasteiger partial charge in [0.15, 0.2) is 0 Å². The fourth-order valence-electron chi connectivity index (χ4n) is 1.89. The van der Waals surface area contributed by atoms with Crippen molar-refractivity contribution < 1.29 is 14.5 Å². The summed E-state index contributed by atoms with van der Waals surface area (Å²) >= 11 is 0. The maximum absolute atomic E-state index is 11.6. The van der Waals surface area contributed by atoms with Gasteiger partial charge in [-0.15, -0.1) is 0 Å². The molecule has 0 radical (unpaired) electrons. The monoisotopic (exact) mass is 286 g/mol. The van der Waals surface area contributed by atoms with E-state index in [2.05, 4.69) is 4.98 Å². The van der Waals surface area contributed by atoms with E-state index in [1.807, 2.05) is 6.92 Å². The van der Waals surface area contributed by atoms with Gasteiger partial charge in [-0.05, 0) is 31.5 Å². The molecule has 2 rings (SSSR count). The number of nitro groups is 1. The fraction of sp³-hybridized carbons (Fsp3) is 0.200. The molecule has 0 aliphatic carbocycles. The topological polar surface area (TPSA) is 82.3 Å². The number of carbonyl (C=O) groups is 1. The van der Waals surface area contributed by atoms with Crippen LogP contribution in [-0.2, 0) is 4.74 Å². The molecule has 0 saturated heterocycles. The Morgan fingerprint density at radius 3 is 2.67 bits per heavy atom. The van der Waals surface area contributed by atoms with Crippen LogP contribution in [0, 0.1) is 17.0 Å². The minimum Gasteiger partial charge on any atom is -0.462 e. The van der Waals surface area contributed by atoms with Gasteiger partial charge < -0.3 is 4.74 Å². The Kier molecular flexibility index (Phi) is 4.27. The molecular weight excluding hydrogens is 272 g/mol. The van der Waals surface area contributed by atoms with E-state index in [1.165, 1.54) is 18.3 Å². The third-order valence-electron chi connectivity index (χ3n) is 2.98. The van der Waals surface area contributed by atoms with Gasteiger partial charge in [0.05, 0.1) is 22.8 Å². The van der Waals surface area contributed by atoms with Crippen LogP contribution in [0.15, 0.2) is 36.5 Å². The van der Waals surface area contributed by atoms with Gasteiger partial charge in [-0.1, -0.05) is 6.07 Å². The summed E-state index contributed by atoms with van der Waals surface area (Å²) in [6.45, 7) is 3.87. The summed E-state index contributed by atoms with van der Waals surface area (Å²) in [6.07, 6.45) is 1.41. The summed E-state index contributed by atoms with van der Waals surface area (Å²) < 4.78 is 4.88. The molecule has 0 amide bonds. The van der Waals surface area contributed by atoms with E-state index >= 15 is 0 Å². The summed E-state index contributed by atoms with van der Waals surface area (Å²) in [7, 11) is 0. The van der Waals surface area contributed by atoms with Gasteiger partial charge in [-0.3, -0.25) is 15.1 Å². The third kappa shape index (κ3) is 3.22. The lowest BCUT2D eigenvalue weighted by atomic mass is 10.0. The van der Waals surface area contributed by atoms with Gasteiger partial charge in [0.2, 0.25) is 0 Å². The Bertz CT molecular complexity index is 681. The molecule has 1 heterocycles. The van der Waals surface area contributed by atoms with Crippen molar-refractivity contribution in [2.45, 2.75) is 13.8 Å².